The van der Waals surface area contributed by atoms with Crippen LogP contribution in [-0.4, -0.2) is 59.1 Å². The highest BCUT2D eigenvalue weighted by atomic mass is 32.2. The Morgan fingerprint density at radius 2 is 1.81 bits per heavy atom. The minimum Gasteiger partial charge on any atom is -0.340 e. The monoisotopic (exact) mass is 396 g/mol. The van der Waals surface area contributed by atoms with E-state index in [1.54, 1.807) is 18.7 Å². The molecule has 1 saturated heterocycles. The largest absolute Gasteiger partial charge is 0.340 e. The lowest BCUT2D eigenvalue weighted by molar-refractivity contribution is 0.381. The van der Waals surface area contributed by atoms with Gasteiger partial charge >= 0.3 is 0 Å². The second kappa shape index (κ2) is 6.41. The number of aryl methyl sites for hydroxylation is 2. The minimum absolute atomic E-state index is 0.0137. The van der Waals surface area contributed by atoms with Crippen LogP contribution in [0.3, 0.4) is 0 Å². The van der Waals surface area contributed by atoms with E-state index in [2.05, 4.69) is 20.2 Å². The lowest BCUT2D eigenvalue weighted by Crippen LogP contribution is -2.49. The van der Waals surface area contributed by atoms with Crippen molar-refractivity contribution in [2.45, 2.75) is 37.5 Å². The van der Waals surface area contributed by atoms with Crippen molar-refractivity contribution in [3.05, 3.63) is 33.3 Å². The summed E-state index contributed by atoms with van der Waals surface area (Å²) in [7, 11) is -3.65. The van der Waals surface area contributed by atoms with Gasteiger partial charge < -0.3 is 4.90 Å². The zero-order valence-corrected chi connectivity index (χ0v) is 15.9. The summed E-state index contributed by atoms with van der Waals surface area (Å²) in [5, 5.41) is 6.66. The summed E-state index contributed by atoms with van der Waals surface area (Å²) in [4.78, 5) is 20.6. The third-order valence-electron chi connectivity index (χ3n) is 5.04. The first-order valence-electron chi connectivity index (χ1n) is 8.85. The first-order valence-corrected chi connectivity index (χ1v) is 10.3. The molecule has 3 heterocycles. The van der Waals surface area contributed by atoms with E-state index in [4.69, 9.17) is 0 Å². The predicted octanol–water partition coefficient (Wildman–Crippen LogP) is 0.637. The Hall–Kier alpha value is -2.27. The van der Waals surface area contributed by atoms with Gasteiger partial charge in [-0.2, -0.15) is 13.8 Å². The number of aromatic amines is 2. The van der Waals surface area contributed by atoms with Gasteiger partial charge in [-0.25, -0.2) is 13.4 Å². The normalized spacial score (nSPS) is 18.9. The first-order chi connectivity index (χ1) is 12.8. The van der Waals surface area contributed by atoms with Crippen LogP contribution in [0.4, 0.5) is 10.3 Å². The van der Waals surface area contributed by atoms with Gasteiger partial charge in [0, 0.05) is 32.1 Å². The van der Waals surface area contributed by atoms with Gasteiger partial charge in [0.1, 0.15) is 4.90 Å². The van der Waals surface area contributed by atoms with E-state index >= 15 is 0 Å². The number of halogens is 1. The van der Waals surface area contributed by atoms with Crippen molar-refractivity contribution in [2.75, 3.05) is 31.1 Å². The molecule has 146 valence electrons. The summed E-state index contributed by atoms with van der Waals surface area (Å²) >= 11 is 0. The van der Waals surface area contributed by atoms with Gasteiger partial charge in [-0.15, -0.1) is 0 Å². The van der Waals surface area contributed by atoms with Gasteiger partial charge in [-0.3, -0.25) is 14.9 Å². The molecule has 0 aromatic carbocycles. The second-order valence-corrected chi connectivity index (χ2v) is 8.89. The number of hydrogen-bond acceptors (Lipinski definition) is 6. The molecule has 1 aliphatic carbocycles. The molecule has 11 heteroatoms. The van der Waals surface area contributed by atoms with Crippen molar-refractivity contribution in [3.63, 3.8) is 0 Å². The van der Waals surface area contributed by atoms with E-state index in [0.29, 0.717) is 30.4 Å². The highest BCUT2D eigenvalue weighted by molar-refractivity contribution is 7.89. The highest BCUT2D eigenvalue weighted by Crippen LogP contribution is 2.39. The van der Waals surface area contributed by atoms with Crippen LogP contribution in [0.15, 0.2) is 9.69 Å². The molecule has 2 aromatic rings. The zero-order valence-electron chi connectivity index (χ0n) is 15.1. The number of H-pyrrole nitrogens is 2. The molecule has 2 aromatic heterocycles. The molecule has 0 unspecified atom stereocenters. The fraction of sp³-hybridized carbons (Fsp3) is 0.562. The van der Waals surface area contributed by atoms with E-state index in [9.17, 15) is 17.6 Å². The molecule has 1 saturated carbocycles. The molecule has 2 fully saturated rings. The number of piperazine rings is 1. The molecular formula is C16H21FN6O3S. The maximum Gasteiger partial charge on any atom is 0.288 e. The van der Waals surface area contributed by atoms with Crippen molar-refractivity contribution in [2.24, 2.45) is 0 Å². The van der Waals surface area contributed by atoms with Gasteiger partial charge in [0.05, 0.1) is 17.1 Å². The SMILES string of the molecule is Cc1n[nH]c(C)c1S(=O)(=O)N1CCN(c2nc(C3CC3)c(F)c(=O)[nH]2)CC1. The molecule has 0 amide bonds. The maximum absolute atomic E-state index is 14.0. The highest BCUT2D eigenvalue weighted by Gasteiger charge is 2.34. The number of nitrogens with one attached hydrogen (secondary N) is 2. The summed E-state index contributed by atoms with van der Waals surface area (Å²) in [6, 6.07) is 0. The summed E-state index contributed by atoms with van der Waals surface area (Å²) in [5.41, 5.74) is 0.386. The lowest BCUT2D eigenvalue weighted by atomic mass is 10.2. The van der Waals surface area contributed by atoms with Crippen LogP contribution >= 0.6 is 0 Å². The minimum atomic E-state index is -3.65. The van der Waals surface area contributed by atoms with Crippen molar-refractivity contribution in [1.82, 2.24) is 24.5 Å². The summed E-state index contributed by atoms with van der Waals surface area (Å²) in [6.45, 7) is 4.52. The molecule has 2 aliphatic rings. The number of sulfonamides is 1. The summed E-state index contributed by atoms with van der Waals surface area (Å²) < 4.78 is 41.2. The molecule has 0 spiro atoms. The summed E-state index contributed by atoms with van der Waals surface area (Å²) in [6.07, 6.45) is 1.67. The lowest BCUT2D eigenvalue weighted by Gasteiger charge is -2.34. The topological polar surface area (TPSA) is 115 Å². The molecule has 0 bridgehead atoms. The van der Waals surface area contributed by atoms with E-state index in [-0.39, 0.29) is 29.6 Å². The molecule has 0 radical (unpaired) electrons. The van der Waals surface area contributed by atoms with E-state index in [0.717, 1.165) is 12.8 Å². The average Bonchev–Trinajstić information content (AvgIpc) is 3.41. The van der Waals surface area contributed by atoms with Gasteiger partial charge in [0.25, 0.3) is 5.56 Å². The Labute approximate surface area is 155 Å². The molecule has 27 heavy (non-hydrogen) atoms. The fourth-order valence-corrected chi connectivity index (χ4v) is 5.18. The van der Waals surface area contributed by atoms with E-state index < -0.39 is 21.4 Å². The standard InChI is InChI=1S/C16H21FN6O3S/c1-9-14(10(2)21-20-9)27(25,26)23-7-5-22(6-8-23)16-18-13(11-3-4-11)12(17)15(24)19-16/h11H,3-8H2,1-2H3,(H,20,21)(H,18,19,24). The Kier molecular flexibility index (Phi) is 4.30. The van der Waals surface area contributed by atoms with Crippen LogP contribution in [0.25, 0.3) is 0 Å². The third kappa shape index (κ3) is 3.14. The van der Waals surface area contributed by atoms with Crippen molar-refractivity contribution in [3.8, 4) is 0 Å². The van der Waals surface area contributed by atoms with Crippen LogP contribution in [0.2, 0.25) is 0 Å². The third-order valence-corrected chi connectivity index (χ3v) is 7.20. The van der Waals surface area contributed by atoms with Crippen LogP contribution in [0.5, 0.6) is 0 Å². The summed E-state index contributed by atoms with van der Waals surface area (Å²) in [5.74, 6) is -0.496. The fourth-order valence-electron chi connectivity index (χ4n) is 3.43. The smallest absolute Gasteiger partial charge is 0.288 e. The second-order valence-electron chi connectivity index (χ2n) is 7.02. The molecule has 0 atom stereocenters. The predicted molar refractivity (Wildman–Crippen MR) is 95.8 cm³/mol. The first kappa shape index (κ1) is 18.1. The maximum atomic E-state index is 14.0. The number of nitrogens with zero attached hydrogens (tertiary/aromatic N) is 4. The molecule has 1 aliphatic heterocycles. The molecule has 2 N–H and O–H groups in total. The van der Waals surface area contributed by atoms with E-state index in [1.807, 2.05) is 0 Å². The Morgan fingerprint density at radius 3 is 2.37 bits per heavy atom. The molecular weight excluding hydrogens is 375 g/mol. The Bertz CT molecular complexity index is 1020. The number of anilines is 1. The molecule has 4 rings (SSSR count). The quantitative estimate of drug-likeness (QED) is 0.784. The number of aromatic nitrogens is 4. The van der Waals surface area contributed by atoms with Crippen molar-refractivity contribution >= 4 is 16.0 Å². The van der Waals surface area contributed by atoms with Crippen LogP contribution < -0.4 is 10.5 Å². The number of hydrogen-bond donors (Lipinski definition) is 2. The van der Waals surface area contributed by atoms with Crippen molar-refractivity contribution in [1.29, 1.82) is 0 Å². The Balaban J connectivity index is 1.54. The van der Waals surface area contributed by atoms with Gasteiger partial charge in [0.2, 0.25) is 21.8 Å². The molecule has 9 nitrogen and oxygen atoms in total. The van der Waals surface area contributed by atoms with Gasteiger partial charge in [-0.1, -0.05) is 0 Å². The van der Waals surface area contributed by atoms with Gasteiger partial charge in [0.15, 0.2) is 0 Å². The zero-order chi connectivity index (χ0) is 19.3. The average molecular weight is 396 g/mol. The Morgan fingerprint density at radius 1 is 1.15 bits per heavy atom. The van der Waals surface area contributed by atoms with Crippen LogP contribution in [0, 0.1) is 19.7 Å². The van der Waals surface area contributed by atoms with Crippen LogP contribution in [0.1, 0.15) is 35.8 Å². The van der Waals surface area contributed by atoms with Gasteiger partial charge in [-0.05, 0) is 26.7 Å². The van der Waals surface area contributed by atoms with Crippen LogP contribution in [-0.2, 0) is 10.0 Å². The van der Waals surface area contributed by atoms with E-state index in [1.165, 1.54) is 4.31 Å². The number of rotatable bonds is 4. The van der Waals surface area contributed by atoms with Crippen molar-refractivity contribution < 1.29 is 12.8 Å².